The molecule has 3 N–H and O–H groups in total. The Morgan fingerprint density at radius 1 is 1.44 bits per heavy atom. The number of sulfonamides is 1. The van der Waals surface area contributed by atoms with E-state index in [1.807, 2.05) is 0 Å². The standard InChI is InChI=1S/C16H23FN2O5S/c1-24-14-4-3-11(17)9-13(14)16(10-7-12(20)8-10)19-15(21)5-6-18-25(2,22)23/h3-4,9-10,12,16,18,20H,5-8H2,1-2H3,(H,19,21)/t10?,12?,16-/m1/s1. The lowest BCUT2D eigenvalue weighted by molar-refractivity contribution is -0.122. The zero-order valence-corrected chi connectivity index (χ0v) is 15.0. The number of amides is 1. The molecule has 0 unspecified atom stereocenters. The molecule has 1 aliphatic carbocycles. The number of nitrogens with one attached hydrogen (secondary N) is 2. The summed E-state index contributed by atoms with van der Waals surface area (Å²) < 4.78 is 43.3. The average molecular weight is 374 g/mol. The molecule has 25 heavy (non-hydrogen) atoms. The highest BCUT2D eigenvalue weighted by molar-refractivity contribution is 7.88. The van der Waals surface area contributed by atoms with Crippen molar-refractivity contribution in [3.05, 3.63) is 29.6 Å². The minimum Gasteiger partial charge on any atom is -0.496 e. The topological polar surface area (TPSA) is 105 Å². The highest BCUT2D eigenvalue weighted by Gasteiger charge is 2.37. The van der Waals surface area contributed by atoms with Gasteiger partial charge in [-0.2, -0.15) is 0 Å². The fourth-order valence-corrected chi connectivity index (χ4v) is 3.37. The lowest BCUT2D eigenvalue weighted by Gasteiger charge is -2.38. The number of halogens is 1. The summed E-state index contributed by atoms with van der Waals surface area (Å²) in [4.78, 5) is 12.2. The van der Waals surface area contributed by atoms with Gasteiger partial charge in [-0.25, -0.2) is 17.5 Å². The van der Waals surface area contributed by atoms with Crippen LogP contribution in [0.4, 0.5) is 4.39 Å². The molecule has 1 atom stereocenters. The van der Waals surface area contributed by atoms with Crippen LogP contribution in [0.2, 0.25) is 0 Å². The zero-order chi connectivity index (χ0) is 18.6. The Balaban J connectivity index is 2.12. The number of ether oxygens (including phenoxy) is 1. The van der Waals surface area contributed by atoms with Crippen molar-refractivity contribution in [1.29, 1.82) is 0 Å². The normalized spacial score (nSPS) is 21.3. The first-order valence-corrected chi connectivity index (χ1v) is 9.84. The van der Waals surface area contributed by atoms with Gasteiger partial charge in [0.2, 0.25) is 15.9 Å². The minimum absolute atomic E-state index is 0.0229. The van der Waals surface area contributed by atoms with Crippen LogP contribution in [0.3, 0.4) is 0 Å². The van der Waals surface area contributed by atoms with E-state index in [4.69, 9.17) is 4.74 Å². The number of hydrogen-bond acceptors (Lipinski definition) is 5. The van der Waals surface area contributed by atoms with Gasteiger partial charge in [0.05, 0.1) is 25.5 Å². The highest BCUT2D eigenvalue weighted by atomic mass is 32.2. The first-order chi connectivity index (χ1) is 11.7. The van der Waals surface area contributed by atoms with Crippen LogP contribution in [0.25, 0.3) is 0 Å². The van der Waals surface area contributed by atoms with Crippen LogP contribution in [0.1, 0.15) is 30.9 Å². The molecule has 1 amide bonds. The van der Waals surface area contributed by atoms with Crippen LogP contribution in [0, 0.1) is 11.7 Å². The molecule has 1 fully saturated rings. The second kappa shape index (κ2) is 8.11. The van der Waals surface area contributed by atoms with Gasteiger partial charge in [-0.05, 0) is 37.0 Å². The molecule has 0 aliphatic heterocycles. The highest BCUT2D eigenvalue weighted by Crippen LogP contribution is 2.41. The van der Waals surface area contributed by atoms with Gasteiger partial charge in [0, 0.05) is 18.5 Å². The molecule has 0 heterocycles. The largest absolute Gasteiger partial charge is 0.496 e. The number of aliphatic hydroxyl groups is 1. The summed E-state index contributed by atoms with van der Waals surface area (Å²) >= 11 is 0. The first-order valence-electron chi connectivity index (χ1n) is 7.95. The van der Waals surface area contributed by atoms with Crippen LogP contribution >= 0.6 is 0 Å². The van der Waals surface area contributed by atoms with Crippen LogP contribution in [-0.2, 0) is 14.8 Å². The van der Waals surface area contributed by atoms with E-state index in [0.29, 0.717) is 24.2 Å². The number of rotatable bonds is 8. The van der Waals surface area contributed by atoms with Crippen LogP contribution in [-0.4, -0.2) is 45.4 Å². The van der Waals surface area contributed by atoms with Crippen molar-refractivity contribution in [3.63, 3.8) is 0 Å². The van der Waals surface area contributed by atoms with Crippen LogP contribution < -0.4 is 14.8 Å². The van der Waals surface area contributed by atoms with E-state index in [1.165, 1.54) is 25.3 Å². The Hall–Kier alpha value is -1.71. The van der Waals surface area contributed by atoms with Crippen molar-refractivity contribution < 1.29 is 27.4 Å². The van der Waals surface area contributed by atoms with Gasteiger partial charge in [-0.15, -0.1) is 0 Å². The van der Waals surface area contributed by atoms with E-state index in [0.717, 1.165) is 6.26 Å². The number of methoxy groups -OCH3 is 1. The van der Waals surface area contributed by atoms with Crippen LogP contribution in [0.5, 0.6) is 5.75 Å². The lowest BCUT2D eigenvalue weighted by Crippen LogP contribution is -2.42. The predicted molar refractivity (Wildman–Crippen MR) is 90.0 cm³/mol. The Kier molecular flexibility index (Phi) is 6.36. The maximum atomic E-state index is 13.7. The van der Waals surface area contributed by atoms with Gasteiger partial charge in [0.25, 0.3) is 0 Å². The van der Waals surface area contributed by atoms with Crippen LogP contribution in [0.15, 0.2) is 18.2 Å². The minimum atomic E-state index is -3.37. The Labute approximate surface area is 146 Å². The average Bonchev–Trinajstić information content (AvgIpc) is 2.48. The van der Waals surface area contributed by atoms with Gasteiger partial charge in [0.15, 0.2) is 0 Å². The molecule has 0 saturated heterocycles. The summed E-state index contributed by atoms with van der Waals surface area (Å²) in [5.41, 5.74) is 0.504. The number of benzene rings is 1. The van der Waals surface area contributed by atoms with E-state index < -0.39 is 28.0 Å². The summed E-state index contributed by atoms with van der Waals surface area (Å²) in [5, 5.41) is 12.4. The summed E-state index contributed by atoms with van der Waals surface area (Å²) in [6, 6.07) is 3.56. The van der Waals surface area contributed by atoms with Gasteiger partial charge >= 0.3 is 0 Å². The second-order valence-electron chi connectivity index (χ2n) is 6.23. The van der Waals surface area contributed by atoms with E-state index in [9.17, 15) is 22.7 Å². The van der Waals surface area contributed by atoms with Crippen molar-refractivity contribution in [3.8, 4) is 5.75 Å². The Morgan fingerprint density at radius 2 is 2.12 bits per heavy atom. The molecule has 0 bridgehead atoms. The van der Waals surface area contributed by atoms with Crippen molar-refractivity contribution in [2.24, 2.45) is 5.92 Å². The third-order valence-corrected chi connectivity index (χ3v) is 4.91. The van der Waals surface area contributed by atoms with Crippen molar-refractivity contribution in [1.82, 2.24) is 10.0 Å². The molecular formula is C16H23FN2O5S. The van der Waals surface area contributed by atoms with Gasteiger partial charge in [-0.1, -0.05) is 0 Å². The summed E-state index contributed by atoms with van der Waals surface area (Å²) in [5.74, 6) is -0.414. The molecule has 1 aromatic rings. The third-order valence-electron chi connectivity index (χ3n) is 4.18. The third kappa shape index (κ3) is 5.65. The number of carbonyl (C=O) groups excluding carboxylic acids is 1. The molecule has 140 valence electrons. The first kappa shape index (κ1) is 19.6. The number of carbonyl (C=O) groups is 1. The Bertz CT molecular complexity index is 719. The fourth-order valence-electron chi connectivity index (χ4n) is 2.90. The molecule has 9 heteroatoms. The Morgan fingerprint density at radius 3 is 2.68 bits per heavy atom. The zero-order valence-electron chi connectivity index (χ0n) is 14.2. The van der Waals surface area contributed by atoms with Crippen molar-refractivity contribution >= 4 is 15.9 Å². The molecule has 0 spiro atoms. The quantitative estimate of drug-likeness (QED) is 0.621. The lowest BCUT2D eigenvalue weighted by atomic mass is 9.74. The van der Waals surface area contributed by atoms with Gasteiger partial charge < -0.3 is 15.2 Å². The molecular weight excluding hydrogens is 351 g/mol. The maximum Gasteiger partial charge on any atom is 0.221 e. The molecule has 2 rings (SSSR count). The monoisotopic (exact) mass is 374 g/mol. The van der Waals surface area contributed by atoms with E-state index in [-0.39, 0.29) is 24.8 Å². The number of aliphatic hydroxyl groups excluding tert-OH is 1. The second-order valence-corrected chi connectivity index (χ2v) is 8.07. The molecule has 1 aliphatic rings. The molecule has 1 saturated carbocycles. The van der Waals surface area contributed by atoms with Crippen molar-refractivity contribution in [2.75, 3.05) is 19.9 Å². The molecule has 0 aromatic heterocycles. The predicted octanol–water partition coefficient (Wildman–Crippen LogP) is 0.702. The van der Waals surface area contributed by atoms with Gasteiger partial charge in [0.1, 0.15) is 11.6 Å². The molecule has 1 aromatic carbocycles. The molecule has 0 radical (unpaired) electrons. The SMILES string of the molecule is COc1ccc(F)cc1[C@H](NC(=O)CCNS(C)(=O)=O)C1CC(O)C1. The van der Waals surface area contributed by atoms with Gasteiger partial charge in [-0.3, -0.25) is 4.79 Å². The number of hydrogen-bond donors (Lipinski definition) is 3. The van der Waals surface area contributed by atoms with Crippen molar-refractivity contribution in [2.45, 2.75) is 31.4 Å². The smallest absolute Gasteiger partial charge is 0.221 e. The summed E-state index contributed by atoms with van der Waals surface area (Å²) in [6.07, 6.45) is 1.52. The molecule has 7 nitrogen and oxygen atoms in total. The maximum absolute atomic E-state index is 13.7. The van der Waals surface area contributed by atoms with E-state index >= 15 is 0 Å². The summed E-state index contributed by atoms with van der Waals surface area (Å²) in [7, 11) is -1.91. The van der Waals surface area contributed by atoms with E-state index in [2.05, 4.69) is 10.0 Å². The van der Waals surface area contributed by atoms with E-state index in [1.54, 1.807) is 0 Å². The fraction of sp³-hybridized carbons (Fsp3) is 0.562. The summed E-state index contributed by atoms with van der Waals surface area (Å²) in [6.45, 7) is -0.0229.